The van der Waals surface area contributed by atoms with Gasteiger partial charge in [0.2, 0.25) is 0 Å². The fourth-order valence-corrected chi connectivity index (χ4v) is 2.29. The molecule has 0 atom stereocenters. The molecule has 5 heteroatoms. The van der Waals surface area contributed by atoms with E-state index in [0.717, 1.165) is 5.82 Å². The van der Waals surface area contributed by atoms with Crippen molar-refractivity contribution in [3.05, 3.63) is 83.8 Å². The summed E-state index contributed by atoms with van der Waals surface area (Å²) in [6.07, 6.45) is 4.79. The first-order valence-corrected chi connectivity index (χ1v) is 7.67. The van der Waals surface area contributed by atoms with E-state index < -0.39 is 0 Å². The molecule has 0 bridgehead atoms. The number of nitrogens with zero attached hydrogens (tertiary/aromatic N) is 2. The summed E-state index contributed by atoms with van der Waals surface area (Å²) in [6, 6.07) is 15.4. The number of hydrogen-bond donors (Lipinski definition) is 2. The van der Waals surface area contributed by atoms with Gasteiger partial charge in [-0.15, -0.1) is 0 Å². The number of anilines is 2. The lowest BCUT2D eigenvalue weighted by molar-refractivity contribution is 0.102. The number of aryl methyl sites for hydroxylation is 1. The van der Waals surface area contributed by atoms with E-state index in [1.807, 2.05) is 18.2 Å². The number of carbonyl (C=O) groups is 1. The van der Waals surface area contributed by atoms with Gasteiger partial charge in [0, 0.05) is 18.9 Å². The van der Waals surface area contributed by atoms with Crippen molar-refractivity contribution < 1.29 is 4.79 Å². The Labute approximate surface area is 140 Å². The lowest BCUT2D eigenvalue weighted by Crippen LogP contribution is -2.12. The zero-order valence-electron chi connectivity index (χ0n) is 13.4. The van der Waals surface area contributed by atoms with Gasteiger partial charge in [-0.3, -0.25) is 9.78 Å². The largest absolute Gasteiger partial charge is 0.366 e. The van der Waals surface area contributed by atoms with Gasteiger partial charge in [0.05, 0.1) is 17.4 Å². The number of pyridine rings is 2. The minimum atomic E-state index is -0.203. The van der Waals surface area contributed by atoms with Crippen LogP contribution in [0.15, 0.2) is 67.1 Å². The molecule has 0 aliphatic heterocycles. The Balaban J connectivity index is 1.58. The second-order valence-corrected chi connectivity index (χ2v) is 5.47. The van der Waals surface area contributed by atoms with Crippen LogP contribution < -0.4 is 10.6 Å². The molecule has 0 radical (unpaired) electrons. The molecular formula is C19H18N4O. The molecule has 2 N–H and O–H groups in total. The molecule has 2 heterocycles. The van der Waals surface area contributed by atoms with Gasteiger partial charge in [0.25, 0.3) is 5.91 Å². The van der Waals surface area contributed by atoms with Gasteiger partial charge in [0.15, 0.2) is 0 Å². The highest BCUT2D eigenvalue weighted by Gasteiger charge is 2.06. The molecule has 0 saturated heterocycles. The van der Waals surface area contributed by atoms with E-state index >= 15 is 0 Å². The lowest BCUT2D eigenvalue weighted by atomic mass is 10.1. The van der Waals surface area contributed by atoms with Gasteiger partial charge in [0.1, 0.15) is 5.82 Å². The third-order valence-corrected chi connectivity index (χ3v) is 3.50. The zero-order chi connectivity index (χ0) is 16.8. The summed E-state index contributed by atoms with van der Waals surface area (Å²) in [5.41, 5.74) is 3.59. The molecule has 0 aliphatic carbocycles. The zero-order valence-corrected chi connectivity index (χ0v) is 13.4. The van der Waals surface area contributed by atoms with Crippen LogP contribution in [0.25, 0.3) is 0 Å². The number of hydrogen-bond acceptors (Lipinski definition) is 4. The summed E-state index contributed by atoms with van der Waals surface area (Å²) in [6.45, 7) is 2.78. The van der Waals surface area contributed by atoms with Crippen LogP contribution in [-0.4, -0.2) is 15.9 Å². The molecule has 0 spiro atoms. The van der Waals surface area contributed by atoms with Crippen molar-refractivity contribution in [1.82, 2.24) is 9.97 Å². The van der Waals surface area contributed by atoms with Crippen LogP contribution in [0.4, 0.5) is 11.5 Å². The van der Waals surface area contributed by atoms with E-state index in [4.69, 9.17) is 0 Å². The molecule has 3 rings (SSSR count). The van der Waals surface area contributed by atoms with Crippen molar-refractivity contribution >= 4 is 17.4 Å². The first-order chi connectivity index (χ1) is 11.7. The van der Waals surface area contributed by atoms with E-state index in [0.29, 0.717) is 17.8 Å². The van der Waals surface area contributed by atoms with Crippen LogP contribution in [0.1, 0.15) is 21.5 Å². The van der Waals surface area contributed by atoms with E-state index in [1.54, 1.807) is 24.5 Å². The summed E-state index contributed by atoms with van der Waals surface area (Å²) in [5, 5.41) is 6.06. The number of rotatable bonds is 5. The number of aromatic nitrogens is 2. The first kappa shape index (κ1) is 15.7. The van der Waals surface area contributed by atoms with Crippen LogP contribution in [0, 0.1) is 6.92 Å². The minimum Gasteiger partial charge on any atom is -0.366 e. The predicted molar refractivity (Wildman–Crippen MR) is 94.9 cm³/mol. The average Bonchev–Trinajstić information content (AvgIpc) is 2.62. The molecule has 1 aromatic carbocycles. The fraction of sp³-hybridized carbons (Fsp3) is 0.105. The average molecular weight is 318 g/mol. The van der Waals surface area contributed by atoms with Crippen molar-refractivity contribution in [2.45, 2.75) is 13.5 Å². The Kier molecular flexibility index (Phi) is 4.81. The summed E-state index contributed by atoms with van der Waals surface area (Å²) < 4.78 is 0. The molecule has 3 aromatic rings. The highest BCUT2D eigenvalue weighted by Crippen LogP contribution is 2.13. The molecule has 1 amide bonds. The highest BCUT2D eigenvalue weighted by atomic mass is 16.1. The van der Waals surface area contributed by atoms with Gasteiger partial charge in [-0.1, -0.05) is 29.8 Å². The van der Waals surface area contributed by atoms with Crippen LogP contribution in [0.2, 0.25) is 0 Å². The quantitative estimate of drug-likeness (QED) is 0.753. The van der Waals surface area contributed by atoms with Crippen LogP contribution in [0.5, 0.6) is 0 Å². The number of nitrogens with one attached hydrogen (secondary N) is 2. The maximum absolute atomic E-state index is 12.0. The second-order valence-electron chi connectivity index (χ2n) is 5.47. The SMILES string of the molecule is Cc1cccc(CNc2ccc(NC(=O)c3cccnc3)cn2)c1. The number of carbonyl (C=O) groups excluding carboxylic acids is 1. The Bertz CT molecular complexity index is 816. The van der Waals surface area contributed by atoms with Gasteiger partial charge < -0.3 is 10.6 Å². The molecule has 0 aliphatic rings. The normalized spacial score (nSPS) is 10.2. The minimum absolute atomic E-state index is 0.203. The summed E-state index contributed by atoms with van der Waals surface area (Å²) >= 11 is 0. The van der Waals surface area contributed by atoms with E-state index in [1.165, 1.54) is 17.3 Å². The van der Waals surface area contributed by atoms with Gasteiger partial charge in [-0.2, -0.15) is 0 Å². The Morgan fingerprint density at radius 1 is 1.08 bits per heavy atom. The van der Waals surface area contributed by atoms with E-state index in [2.05, 4.69) is 45.7 Å². The first-order valence-electron chi connectivity index (χ1n) is 7.67. The Morgan fingerprint density at radius 2 is 2.00 bits per heavy atom. The number of amides is 1. The topological polar surface area (TPSA) is 66.9 Å². The molecule has 2 aromatic heterocycles. The second kappa shape index (κ2) is 7.37. The van der Waals surface area contributed by atoms with Crippen molar-refractivity contribution in [3.8, 4) is 0 Å². The monoisotopic (exact) mass is 318 g/mol. The van der Waals surface area contributed by atoms with Crippen molar-refractivity contribution in [2.75, 3.05) is 10.6 Å². The third-order valence-electron chi connectivity index (χ3n) is 3.50. The number of benzene rings is 1. The molecular weight excluding hydrogens is 300 g/mol. The van der Waals surface area contributed by atoms with Crippen LogP contribution in [0.3, 0.4) is 0 Å². The molecule has 0 unspecified atom stereocenters. The predicted octanol–water partition coefficient (Wildman–Crippen LogP) is 3.65. The Morgan fingerprint density at radius 3 is 2.71 bits per heavy atom. The maximum Gasteiger partial charge on any atom is 0.257 e. The molecule has 5 nitrogen and oxygen atoms in total. The van der Waals surface area contributed by atoms with E-state index in [9.17, 15) is 4.79 Å². The van der Waals surface area contributed by atoms with Gasteiger partial charge >= 0.3 is 0 Å². The van der Waals surface area contributed by atoms with Gasteiger partial charge in [-0.05, 0) is 36.8 Å². The van der Waals surface area contributed by atoms with Crippen LogP contribution in [-0.2, 0) is 6.54 Å². The molecule has 120 valence electrons. The van der Waals surface area contributed by atoms with Crippen LogP contribution >= 0.6 is 0 Å². The summed E-state index contributed by atoms with van der Waals surface area (Å²) in [5.74, 6) is 0.557. The van der Waals surface area contributed by atoms with Crippen molar-refractivity contribution in [1.29, 1.82) is 0 Å². The van der Waals surface area contributed by atoms with Gasteiger partial charge in [-0.25, -0.2) is 4.98 Å². The molecule has 24 heavy (non-hydrogen) atoms. The van der Waals surface area contributed by atoms with Crippen molar-refractivity contribution in [2.24, 2.45) is 0 Å². The Hall–Kier alpha value is -3.21. The summed E-state index contributed by atoms with van der Waals surface area (Å²) in [7, 11) is 0. The van der Waals surface area contributed by atoms with Crippen molar-refractivity contribution in [3.63, 3.8) is 0 Å². The smallest absolute Gasteiger partial charge is 0.257 e. The van der Waals surface area contributed by atoms with E-state index in [-0.39, 0.29) is 5.91 Å². The fourth-order valence-electron chi connectivity index (χ4n) is 2.29. The summed E-state index contributed by atoms with van der Waals surface area (Å²) in [4.78, 5) is 20.3. The molecule has 0 saturated carbocycles. The highest BCUT2D eigenvalue weighted by molar-refractivity contribution is 6.03. The maximum atomic E-state index is 12.0. The standard InChI is InChI=1S/C19H18N4O/c1-14-4-2-5-15(10-14)11-21-18-8-7-17(13-22-18)23-19(24)16-6-3-9-20-12-16/h2-10,12-13H,11H2,1H3,(H,21,22)(H,23,24). The third kappa shape index (κ3) is 4.16. The molecule has 0 fully saturated rings. The lowest BCUT2D eigenvalue weighted by Gasteiger charge is -2.08.